The summed E-state index contributed by atoms with van der Waals surface area (Å²) < 4.78 is 17.5. The van der Waals surface area contributed by atoms with E-state index < -0.39 is 25.9 Å². The number of nitrogens with zero attached hydrogens (tertiary/aromatic N) is 2. The molecule has 2 atom stereocenters. The largest absolute Gasteiger partial charge is 1.00 e. The summed E-state index contributed by atoms with van der Waals surface area (Å²) in [7, 11) is -4.04. The van der Waals surface area contributed by atoms with Crippen molar-refractivity contribution in [2.75, 3.05) is 32.5 Å². The number of nitrogens with one attached hydrogen (secondary N) is 2. The smallest absolute Gasteiger partial charge is 0.596 e. The van der Waals surface area contributed by atoms with Crippen LogP contribution in [0.25, 0.3) is 0 Å². The summed E-state index contributed by atoms with van der Waals surface area (Å²) >= 11 is 0. The molecule has 0 spiro atoms. The predicted octanol–water partition coefficient (Wildman–Crippen LogP) is -2.50. The third-order valence-electron chi connectivity index (χ3n) is 4.39. The number of ether oxygens (including phenoxy) is 1. The Hall–Kier alpha value is -1.33. The van der Waals surface area contributed by atoms with Gasteiger partial charge in [0.1, 0.15) is 12.4 Å². The van der Waals surface area contributed by atoms with Crippen molar-refractivity contribution in [3.05, 3.63) is 35.9 Å². The molecule has 1 aromatic carbocycles. The van der Waals surface area contributed by atoms with E-state index in [9.17, 15) is 19.4 Å². The van der Waals surface area contributed by atoms with Gasteiger partial charge >= 0.3 is 18.9 Å². The van der Waals surface area contributed by atoms with Crippen molar-refractivity contribution in [1.82, 2.24) is 15.3 Å². The molecule has 30 heavy (non-hydrogen) atoms. The van der Waals surface area contributed by atoms with Gasteiger partial charge in [0.05, 0.1) is 6.04 Å². The first kappa shape index (κ1) is 26.7. The van der Waals surface area contributed by atoms with Crippen molar-refractivity contribution >= 4 is 19.5 Å². The zero-order valence-corrected chi connectivity index (χ0v) is 18.8. The number of carbonyl (C=O) groups is 1. The number of aliphatic imine (C=N–C) groups is 1. The number of hydrogen-bond acceptors (Lipinski definition) is 6. The minimum atomic E-state index is -4.04. The van der Waals surface area contributed by atoms with Crippen molar-refractivity contribution in [1.29, 1.82) is 0 Å². The van der Waals surface area contributed by atoms with E-state index in [2.05, 4.69) is 15.4 Å². The average Bonchev–Trinajstić information content (AvgIpc) is 2.70. The van der Waals surface area contributed by atoms with Crippen LogP contribution in [-0.4, -0.2) is 60.3 Å². The molecule has 1 aliphatic heterocycles. The summed E-state index contributed by atoms with van der Waals surface area (Å²) in [6.45, 7) is 6.41. The van der Waals surface area contributed by atoms with Crippen LogP contribution in [0.5, 0.6) is 0 Å². The van der Waals surface area contributed by atoms with Crippen molar-refractivity contribution in [3.63, 3.8) is 0 Å². The van der Waals surface area contributed by atoms with E-state index >= 15 is 0 Å². The maximum absolute atomic E-state index is 12.8. The van der Waals surface area contributed by atoms with Gasteiger partial charge in [-0.3, -0.25) is 14.4 Å². The summed E-state index contributed by atoms with van der Waals surface area (Å²) in [6, 6.07) is 8.26. The van der Waals surface area contributed by atoms with Gasteiger partial charge < -0.3 is 25.0 Å². The number of amides is 1. The molecule has 0 aliphatic carbocycles. The van der Waals surface area contributed by atoms with E-state index in [-0.39, 0.29) is 37.3 Å². The Morgan fingerprint density at radius 3 is 2.57 bits per heavy atom. The van der Waals surface area contributed by atoms with Gasteiger partial charge in [-0.05, 0) is 17.9 Å². The van der Waals surface area contributed by atoms with Gasteiger partial charge in [-0.1, -0.05) is 44.2 Å². The van der Waals surface area contributed by atoms with E-state index in [4.69, 9.17) is 4.74 Å². The SMILES string of the molecule is CC(C)C[C@H](NP(=O)(O)CN=C([O-])OCc1ccccc1)C(=O)N1CCNCC1.[Li+]. The molecule has 1 aliphatic rings. The monoisotopic (exact) mass is 432 g/mol. The van der Waals surface area contributed by atoms with Crippen LogP contribution in [0.1, 0.15) is 25.8 Å². The average molecular weight is 432 g/mol. The van der Waals surface area contributed by atoms with E-state index in [0.717, 1.165) is 5.56 Å². The number of rotatable bonds is 9. The number of carbonyl (C=O) groups excluding carboxylic acids is 1. The maximum Gasteiger partial charge on any atom is 1.00 e. The molecule has 1 unspecified atom stereocenters. The zero-order chi connectivity index (χ0) is 21.3. The minimum Gasteiger partial charge on any atom is -0.596 e. The van der Waals surface area contributed by atoms with Crippen molar-refractivity contribution < 1.29 is 43.0 Å². The molecule has 1 saturated heterocycles. The van der Waals surface area contributed by atoms with Crippen LogP contribution < -0.4 is 34.4 Å². The van der Waals surface area contributed by atoms with Crippen LogP contribution >= 0.6 is 7.52 Å². The van der Waals surface area contributed by atoms with Gasteiger partial charge in [0.15, 0.2) is 0 Å². The fraction of sp³-hybridized carbons (Fsp3) is 0.579. The van der Waals surface area contributed by atoms with Crippen molar-refractivity contribution in [2.45, 2.75) is 32.9 Å². The van der Waals surface area contributed by atoms with Crippen LogP contribution in [0.2, 0.25) is 0 Å². The maximum atomic E-state index is 12.8. The Labute approximate surface area is 190 Å². The molecule has 0 aromatic heterocycles. The van der Waals surface area contributed by atoms with Gasteiger partial charge in [0.25, 0.3) is 7.52 Å². The van der Waals surface area contributed by atoms with Crippen LogP contribution in [-0.2, 0) is 20.7 Å². The molecule has 1 heterocycles. The molecular formula is C19H30LiN4O5P. The number of benzene rings is 1. The second kappa shape index (κ2) is 13.2. The third kappa shape index (κ3) is 9.65. The number of hydrogen-bond donors (Lipinski definition) is 3. The molecule has 2 rings (SSSR count). The first-order valence-electron chi connectivity index (χ1n) is 9.74. The normalized spacial score (nSPS) is 17.7. The van der Waals surface area contributed by atoms with E-state index in [0.29, 0.717) is 32.6 Å². The zero-order valence-electron chi connectivity index (χ0n) is 17.9. The Morgan fingerprint density at radius 2 is 1.97 bits per heavy atom. The summed E-state index contributed by atoms with van der Waals surface area (Å²) in [4.78, 5) is 28.3. The molecule has 9 nitrogen and oxygen atoms in total. The fourth-order valence-corrected chi connectivity index (χ4v) is 4.08. The van der Waals surface area contributed by atoms with E-state index in [1.54, 1.807) is 17.0 Å². The molecular weight excluding hydrogens is 402 g/mol. The second-order valence-electron chi connectivity index (χ2n) is 7.43. The van der Waals surface area contributed by atoms with Gasteiger partial charge in [0, 0.05) is 32.8 Å². The van der Waals surface area contributed by atoms with Crippen molar-refractivity contribution in [2.24, 2.45) is 10.9 Å². The third-order valence-corrected chi connectivity index (χ3v) is 5.63. The van der Waals surface area contributed by atoms with Crippen molar-refractivity contribution in [3.8, 4) is 0 Å². The molecule has 0 saturated carbocycles. The Kier molecular flexibility index (Phi) is 11.7. The van der Waals surface area contributed by atoms with Gasteiger partial charge in [-0.15, -0.1) is 0 Å². The summed E-state index contributed by atoms with van der Waals surface area (Å²) in [5.74, 6) is -0.0618. The molecule has 3 N–H and O–H groups in total. The summed E-state index contributed by atoms with van der Waals surface area (Å²) in [5, 5.41) is 17.5. The van der Waals surface area contributed by atoms with Crippen LogP contribution in [0.4, 0.5) is 0 Å². The Morgan fingerprint density at radius 1 is 1.33 bits per heavy atom. The molecule has 1 amide bonds. The Balaban J connectivity index is 0.00000450. The van der Waals surface area contributed by atoms with Crippen LogP contribution in [0.3, 0.4) is 0 Å². The molecule has 0 radical (unpaired) electrons. The second-order valence-corrected chi connectivity index (χ2v) is 9.37. The van der Waals surface area contributed by atoms with E-state index in [1.165, 1.54) is 0 Å². The van der Waals surface area contributed by atoms with E-state index in [1.807, 2.05) is 32.0 Å². The van der Waals surface area contributed by atoms with Gasteiger partial charge in [-0.25, -0.2) is 5.09 Å². The van der Waals surface area contributed by atoms with Gasteiger partial charge in [0.2, 0.25) is 5.91 Å². The topological polar surface area (TPSA) is 126 Å². The molecule has 1 fully saturated rings. The first-order chi connectivity index (χ1) is 13.8. The van der Waals surface area contributed by atoms with Crippen LogP contribution in [0.15, 0.2) is 35.3 Å². The standard InChI is InChI=1S/C19H31N4O5P.Li/c1-15(2)12-17(18(24)23-10-8-20-9-11-23)22-29(26,27)14-21-19(25)28-13-16-6-4-3-5-7-16;/h3-7,15,17,20H,8-14H2,1-2H3,(H,21,25)(H2,22,26,27);/q;+1/p-1/t17-;/m0./s1. The summed E-state index contributed by atoms with van der Waals surface area (Å²) in [6.07, 6.45) is -1.16. The first-order valence-corrected chi connectivity index (χ1v) is 11.6. The number of piperazine rings is 1. The summed E-state index contributed by atoms with van der Waals surface area (Å²) in [5.41, 5.74) is 0.792. The molecule has 11 heteroatoms. The minimum absolute atomic E-state index is 0. The quantitative estimate of drug-likeness (QED) is 0.171. The molecule has 1 aromatic rings. The van der Waals surface area contributed by atoms with Crippen LogP contribution in [0, 0.1) is 5.92 Å². The molecule has 162 valence electrons. The molecule has 0 bridgehead atoms. The predicted molar refractivity (Wildman–Crippen MR) is 109 cm³/mol. The fourth-order valence-electron chi connectivity index (χ4n) is 2.99. The van der Waals surface area contributed by atoms with Gasteiger partial charge in [-0.2, -0.15) is 0 Å². The Bertz CT molecular complexity index is 729.